The number of aromatic nitrogens is 3. The minimum Gasteiger partial charge on any atom is -0.493 e. The molecule has 0 bridgehead atoms. The number of amides is 2. The van der Waals surface area contributed by atoms with E-state index in [1.165, 1.54) is 17.5 Å². The van der Waals surface area contributed by atoms with E-state index in [9.17, 15) is 14.7 Å². The molecule has 1 saturated heterocycles. The van der Waals surface area contributed by atoms with Crippen LogP contribution in [-0.2, 0) is 4.79 Å². The molecule has 2 fully saturated rings. The number of ether oxygens (including phenoxy) is 1. The van der Waals surface area contributed by atoms with E-state index >= 15 is 0 Å². The third-order valence-corrected chi connectivity index (χ3v) is 10.3. The summed E-state index contributed by atoms with van der Waals surface area (Å²) in [4.78, 5) is 49.1. The Morgan fingerprint density at radius 3 is 2.54 bits per heavy atom. The van der Waals surface area contributed by atoms with Gasteiger partial charge < -0.3 is 40.1 Å². The molecule has 4 heterocycles. The highest BCUT2D eigenvalue weighted by atomic mass is 35.5. The highest BCUT2D eigenvalue weighted by Crippen LogP contribution is 2.40. The Balaban J connectivity index is 1.25. The van der Waals surface area contributed by atoms with Crippen molar-refractivity contribution in [1.29, 1.82) is 0 Å². The standard InChI is InChI=1S/C39H48ClN9O4S/c1-25-9-7-10-28(40)34(25)44-37(51)32-23-42-38(54-32)45-35-31(53-6)15-14-29(43-35)26-21-30(49(27-12-13-27)24-39(2,3)52)36(41-22-26)48-19-17-47(18-20-48)33(50)11-8-16-46(4)5/h7-11,14-15,21-23,27,52H,12-13,16-20,24H2,1-6H3,(H,44,51)(H,42,43,45)/b11-8+. The maximum atomic E-state index is 13.1. The molecule has 1 saturated carbocycles. The summed E-state index contributed by atoms with van der Waals surface area (Å²) >= 11 is 7.52. The van der Waals surface area contributed by atoms with Gasteiger partial charge in [0.25, 0.3) is 5.91 Å². The minimum atomic E-state index is -0.940. The van der Waals surface area contributed by atoms with Crippen molar-refractivity contribution in [1.82, 2.24) is 24.8 Å². The van der Waals surface area contributed by atoms with Gasteiger partial charge >= 0.3 is 0 Å². The van der Waals surface area contributed by atoms with Crippen LogP contribution in [0.4, 0.5) is 28.1 Å². The first-order valence-electron chi connectivity index (χ1n) is 18.0. The molecule has 13 nitrogen and oxygen atoms in total. The molecule has 2 aliphatic rings. The Morgan fingerprint density at radius 1 is 1.11 bits per heavy atom. The van der Waals surface area contributed by atoms with Crippen molar-refractivity contribution < 1.29 is 19.4 Å². The smallest absolute Gasteiger partial charge is 0.267 e. The zero-order chi connectivity index (χ0) is 38.6. The van der Waals surface area contributed by atoms with Gasteiger partial charge in [-0.2, -0.15) is 0 Å². The SMILES string of the molecule is COc1ccc(-c2cnc(N3CCN(C(=O)/C=C/CN(C)C)CC3)c(N(CC(C)(C)O)C3CC3)c2)nc1Nc1ncc(C(=O)Nc2c(C)cccc2Cl)s1. The Morgan fingerprint density at radius 2 is 1.87 bits per heavy atom. The number of nitrogens with one attached hydrogen (secondary N) is 2. The van der Waals surface area contributed by atoms with Crippen molar-refractivity contribution in [3.8, 4) is 17.0 Å². The molecular weight excluding hydrogens is 726 g/mol. The predicted molar refractivity (Wildman–Crippen MR) is 217 cm³/mol. The van der Waals surface area contributed by atoms with Crippen LogP contribution in [0, 0.1) is 6.92 Å². The molecule has 0 spiro atoms. The van der Waals surface area contributed by atoms with E-state index in [1.807, 2.05) is 81.2 Å². The highest BCUT2D eigenvalue weighted by Gasteiger charge is 2.36. The summed E-state index contributed by atoms with van der Waals surface area (Å²) in [6.07, 6.45) is 8.93. The van der Waals surface area contributed by atoms with Crippen molar-refractivity contribution in [2.24, 2.45) is 0 Å². The van der Waals surface area contributed by atoms with Gasteiger partial charge in [-0.25, -0.2) is 15.0 Å². The van der Waals surface area contributed by atoms with Crippen LogP contribution in [0.25, 0.3) is 11.3 Å². The van der Waals surface area contributed by atoms with E-state index in [4.69, 9.17) is 26.3 Å². The van der Waals surface area contributed by atoms with Crippen molar-refractivity contribution >= 4 is 62.9 Å². The van der Waals surface area contributed by atoms with Gasteiger partial charge in [-0.15, -0.1) is 0 Å². The van der Waals surface area contributed by atoms with E-state index < -0.39 is 5.60 Å². The molecule has 1 aromatic carbocycles. The van der Waals surface area contributed by atoms with Crippen LogP contribution in [0.2, 0.25) is 5.02 Å². The fourth-order valence-electron chi connectivity index (χ4n) is 6.23. The number of nitrogens with zero attached hydrogens (tertiary/aromatic N) is 7. The van der Waals surface area contributed by atoms with Crippen LogP contribution < -0.4 is 25.2 Å². The zero-order valence-corrected chi connectivity index (χ0v) is 33.2. The van der Waals surface area contributed by atoms with Crippen LogP contribution >= 0.6 is 22.9 Å². The maximum absolute atomic E-state index is 13.1. The molecule has 3 N–H and O–H groups in total. The molecule has 3 aromatic heterocycles. The van der Waals surface area contributed by atoms with Gasteiger partial charge in [0.15, 0.2) is 22.5 Å². The summed E-state index contributed by atoms with van der Waals surface area (Å²) in [6.45, 7) is 9.10. The number of aliphatic hydroxyl groups is 1. The zero-order valence-electron chi connectivity index (χ0n) is 31.6. The summed E-state index contributed by atoms with van der Waals surface area (Å²) in [5.74, 6) is 1.45. The fraction of sp³-hybridized carbons (Fsp3) is 0.410. The number of carbonyl (C=O) groups excluding carboxylic acids is 2. The van der Waals surface area contributed by atoms with E-state index in [1.54, 1.807) is 19.3 Å². The second kappa shape index (κ2) is 16.7. The third kappa shape index (κ3) is 9.66. The minimum absolute atomic E-state index is 0.0149. The van der Waals surface area contributed by atoms with E-state index in [0.717, 1.165) is 35.5 Å². The summed E-state index contributed by atoms with van der Waals surface area (Å²) in [7, 11) is 5.51. The van der Waals surface area contributed by atoms with E-state index in [2.05, 4.69) is 31.5 Å². The number of carbonyl (C=O) groups is 2. The molecule has 0 unspecified atom stereocenters. The second-order valence-corrected chi connectivity index (χ2v) is 15.9. The molecule has 0 atom stereocenters. The van der Waals surface area contributed by atoms with Crippen LogP contribution in [0.1, 0.15) is 41.9 Å². The van der Waals surface area contributed by atoms with Crippen molar-refractivity contribution in [3.05, 3.63) is 76.4 Å². The number of para-hydroxylation sites is 1. The van der Waals surface area contributed by atoms with E-state index in [-0.39, 0.29) is 17.9 Å². The van der Waals surface area contributed by atoms with E-state index in [0.29, 0.717) is 77.2 Å². The highest BCUT2D eigenvalue weighted by molar-refractivity contribution is 7.17. The number of piperazine rings is 1. The number of aryl methyl sites for hydroxylation is 1. The number of anilines is 5. The number of pyridine rings is 2. The number of thiazole rings is 1. The van der Waals surface area contributed by atoms with Gasteiger partial charge in [-0.1, -0.05) is 41.1 Å². The first-order chi connectivity index (χ1) is 25.8. The quantitative estimate of drug-likeness (QED) is 0.129. The van der Waals surface area contributed by atoms with Gasteiger partial charge in [0.2, 0.25) is 5.91 Å². The predicted octanol–water partition coefficient (Wildman–Crippen LogP) is 6.07. The van der Waals surface area contributed by atoms with Crippen LogP contribution in [0.5, 0.6) is 5.75 Å². The number of likely N-dealkylation sites (N-methyl/N-ethyl adjacent to an activating group) is 1. The maximum Gasteiger partial charge on any atom is 0.267 e. The molecule has 0 radical (unpaired) electrons. The van der Waals surface area contributed by atoms with Crippen molar-refractivity contribution in [2.45, 2.75) is 45.3 Å². The largest absolute Gasteiger partial charge is 0.493 e. The Labute approximate surface area is 325 Å². The van der Waals surface area contributed by atoms with Crippen LogP contribution in [0.15, 0.2) is 60.9 Å². The van der Waals surface area contributed by atoms with Gasteiger partial charge in [-0.05, 0) is 77.5 Å². The number of hydrogen-bond donors (Lipinski definition) is 3. The topological polar surface area (TPSA) is 139 Å². The van der Waals surface area contributed by atoms with Gasteiger partial charge in [-0.3, -0.25) is 9.59 Å². The van der Waals surface area contributed by atoms with Crippen LogP contribution in [0.3, 0.4) is 0 Å². The fourth-order valence-corrected chi connectivity index (χ4v) is 7.21. The first-order valence-corrected chi connectivity index (χ1v) is 19.2. The molecule has 1 aliphatic carbocycles. The van der Waals surface area contributed by atoms with Gasteiger partial charge in [0.1, 0.15) is 4.88 Å². The summed E-state index contributed by atoms with van der Waals surface area (Å²) in [5.41, 5.74) is 2.83. The first kappa shape index (κ1) is 38.9. The average molecular weight is 774 g/mol. The van der Waals surface area contributed by atoms with Crippen LogP contribution in [-0.4, -0.2) is 114 Å². The summed E-state index contributed by atoms with van der Waals surface area (Å²) in [5, 5.41) is 18.0. The average Bonchev–Trinajstić information content (AvgIpc) is 3.88. The molecule has 15 heteroatoms. The molecule has 54 heavy (non-hydrogen) atoms. The van der Waals surface area contributed by atoms with Crippen molar-refractivity contribution in [2.75, 3.05) is 80.9 Å². The monoisotopic (exact) mass is 773 g/mol. The number of hydrogen-bond acceptors (Lipinski definition) is 12. The second-order valence-electron chi connectivity index (χ2n) is 14.5. The Kier molecular flexibility index (Phi) is 12.1. The summed E-state index contributed by atoms with van der Waals surface area (Å²) in [6, 6.07) is 11.5. The molecule has 286 valence electrons. The molecule has 2 amide bonds. The number of benzene rings is 1. The Bertz CT molecular complexity index is 1980. The van der Waals surface area contributed by atoms with Crippen molar-refractivity contribution in [3.63, 3.8) is 0 Å². The molecule has 1 aliphatic heterocycles. The number of rotatable bonds is 14. The summed E-state index contributed by atoms with van der Waals surface area (Å²) < 4.78 is 5.65. The lowest BCUT2D eigenvalue weighted by molar-refractivity contribution is -0.126. The van der Waals surface area contributed by atoms with Gasteiger partial charge in [0.05, 0.1) is 41.0 Å². The Hall–Kier alpha value is -4.76. The third-order valence-electron chi connectivity index (χ3n) is 9.11. The lowest BCUT2D eigenvalue weighted by Crippen LogP contribution is -2.49. The van der Waals surface area contributed by atoms with Gasteiger partial charge in [0, 0.05) is 63.1 Å². The molecule has 6 rings (SSSR count). The lowest BCUT2D eigenvalue weighted by atomic mass is 10.1. The number of halogens is 1. The lowest BCUT2D eigenvalue weighted by Gasteiger charge is -2.38. The normalized spacial score (nSPS) is 14.8. The number of methoxy groups -OCH3 is 1. The molecular formula is C39H48ClN9O4S. The molecule has 4 aromatic rings.